The van der Waals surface area contributed by atoms with Crippen LogP contribution in [0, 0.1) is 0 Å². The van der Waals surface area contributed by atoms with Gasteiger partial charge in [-0.05, 0) is 29.8 Å². The van der Waals surface area contributed by atoms with Gasteiger partial charge in [-0.1, -0.05) is 29.8 Å². The topological polar surface area (TPSA) is 49.4 Å². The van der Waals surface area contributed by atoms with E-state index in [1.54, 1.807) is 24.3 Å². The summed E-state index contributed by atoms with van der Waals surface area (Å²) in [6.45, 7) is -0.00115. The van der Waals surface area contributed by atoms with Crippen molar-refractivity contribution in [1.82, 2.24) is 4.90 Å². The lowest BCUT2D eigenvalue weighted by atomic mass is 10.1. The minimum atomic E-state index is -4.55. The molecular formula is C17H12ClF3N2O2. The highest BCUT2D eigenvalue weighted by Gasteiger charge is 2.32. The van der Waals surface area contributed by atoms with Gasteiger partial charge < -0.3 is 10.2 Å². The number of benzene rings is 2. The van der Waals surface area contributed by atoms with E-state index in [1.165, 1.54) is 4.90 Å². The maximum Gasteiger partial charge on any atom is 0.416 e. The van der Waals surface area contributed by atoms with Gasteiger partial charge in [0.05, 0.1) is 16.3 Å². The number of fused-ring (bicyclic) bond motifs is 1. The van der Waals surface area contributed by atoms with E-state index in [4.69, 9.17) is 11.6 Å². The molecule has 0 spiro atoms. The normalized spacial score (nSPS) is 13.8. The van der Waals surface area contributed by atoms with Gasteiger partial charge in [0.15, 0.2) is 0 Å². The highest BCUT2D eigenvalue weighted by molar-refractivity contribution is 6.33. The highest BCUT2D eigenvalue weighted by atomic mass is 35.5. The molecule has 2 aromatic rings. The Morgan fingerprint density at radius 1 is 1.20 bits per heavy atom. The SMILES string of the molecule is O=C(CN1Cc2ccccc2C1=O)Nc1cc(C(F)(F)F)ccc1Cl. The molecule has 0 bridgehead atoms. The molecule has 0 aliphatic carbocycles. The molecule has 0 saturated heterocycles. The Kier molecular flexibility index (Phi) is 4.43. The average molecular weight is 369 g/mol. The largest absolute Gasteiger partial charge is 0.416 e. The summed E-state index contributed by atoms with van der Waals surface area (Å²) >= 11 is 5.85. The number of nitrogens with one attached hydrogen (secondary N) is 1. The molecule has 0 aromatic heterocycles. The predicted molar refractivity (Wildman–Crippen MR) is 86.3 cm³/mol. The molecule has 25 heavy (non-hydrogen) atoms. The van der Waals surface area contributed by atoms with Gasteiger partial charge in [-0.2, -0.15) is 13.2 Å². The molecule has 1 aliphatic heterocycles. The van der Waals surface area contributed by atoms with E-state index in [0.29, 0.717) is 5.56 Å². The zero-order chi connectivity index (χ0) is 18.2. The van der Waals surface area contributed by atoms with Crippen LogP contribution >= 0.6 is 11.6 Å². The second-order valence-corrected chi connectivity index (χ2v) is 5.97. The molecule has 1 N–H and O–H groups in total. The molecule has 4 nitrogen and oxygen atoms in total. The van der Waals surface area contributed by atoms with E-state index in [9.17, 15) is 22.8 Å². The maximum atomic E-state index is 12.8. The van der Waals surface area contributed by atoms with Crippen LogP contribution in [0.4, 0.5) is 18.9 Å². The van der Waals surface area contributed by atoms with Crippen molar-refractivity contribution in [2.75, 3.05) is 11.9 Å². The first-order chi connectivity index (χ1) is 11.8. The molecular weight excluding hydrogens is 357 g/mol. The fourth-order valence-electron chi connectivity index (χ4n) is 2.60. The van der Waals surface area contributed by atoms with Gasteiger partial charge in [0.2, 0.25) is 5.91 Å². The minimum Gasteiger partial charge on any atom is -0.325 e. The van der Waals surface area contributed by atoms with Crippen molar-refractivity contribution < 1.29 is 22.8 Å². The summed E-state index contributed by atoms with van der Waals surface area (Å²) in [5.74, 6) is -0.914. The first-order valence-corrected chi connectivity index (χ1v) is 7.67. The number of nitrogens with zero attached hydrogens (tertiary/aromatic N) is 1. The number of carbonyl (C=O) groups excluding carboxylic acids is 2. The first kappa shape index (κ1) is 17.3. The maximum absolute atomic E-state index is 12.8. The molecule has 1 heterocycles. The first-order valence-electron chi connectivity index (χ1n) is 7.29. The molecule has 0 atom stereocenters. The number of rotatable bonds is 3. The van der Waals surface area contributed by atoms with Gasteiger partial charge in [0, 0.05) is 12.1 Å². The van der Waals surface area contributed by atoms with E-state index in [-0.39, 0.29) is 29.7 Å². The smallest absolute Gasteiger partial charge is 0.325 e. The molecule has 0 radical (unpaired) electrons. The predicted octanol–water partition coefficient (Wildman–Crippen LogP) is 3.95. The lowest BCUT2D eigenvalue weighted by Gasteiger charge is -2.16. The van der Waals surface area contributed by atoms with E-state index < -0.39 is 17.6 Å². The molecule has 130 valence electrons. The summed E-state index contributed by atoms with van der Waals surface area (Å²) in [4.78, 5) is 25.7. The number of carbonyl (C=O) groups is 2. The van der Waals surface area contributed by atoms with Crippen LogP contribution in [0.2, 0.25) is 5.02 Å². The van der Waals surface area contributed by atoms with Crippen LogP contribution in [0.3, 0.4) is 0 Å². The number of amides is 2. The Morgan fingerprint density at radius 3 is 2.60 bits per heavy atom. The standard InChI is InChI=1S/C17H12ClF3N2O2/c18-13-6-5-11(17(19,20)21)7-14(13)22-15(24)9-23-8-10-3-1-2-4-12(10)16(23)25/h1-7H,8-9H2,(H,22,24). The fraction of sp³-hybridized carbons (Fsp3) is 0.176. The number of hydrogen-bond acceptors (Lipinski definition) is 2. The van der Waals surface area contributed by atoms with Crippen molar-refractivity contribution in [2.24, 2.45) is 0 Å². The van der Waals surface area contributed by atoms with E-state index in [2.05, 4.69) is 5.32 Å². The van der Waals surface area contributed by atoms with E-state index in [0.717, 1.165) is 23.8 Å². The van der Waals surface area contributed by atoms with Crippen LogP contribution in [0.1, 0.15) is 21.5 Å². The van der Waals surface area contributed by atoms with Crippen molar-refractivity contribution in [2.45, 2.75) is 12.7 Å². The Bertz CT molecular complexity index is 852. The molecule has 8 heteroatoms. The van der Waals surface area contributed by atoms with Crippen molar-refractivity contribution in [3.63, 3.8) is 0 Å². The molecule has 1 aliphatic rings. The van der Waals surface area contributed by atoms with Crippen LogP contribution in [-0.4, -0.2) is 23.3 Å². The lowest BCUT2D eigenvalue weighted by molar-refractivity contribution is -0.137. The van der Waals surface area contributed by atoms with Crippen molar-refractivity contribution >= 4 is 29.1 Å². The van der Waals surface area contributed by atoms with Crippen LogP contribution in [-0.2, 0) is 17.5 Å². The Hall–Kier alpha value is -2.54. The lowest BCUT2D eigenvalue weighted by Crippen LogP contribution is -2.33. The zero-order valence-electron chi connectivity index (χ0n) is 12.7. The molecule has 2 aromatic carbocycles. The number of alkyl halides is 3. The highest BCUT2D eigenvalue weighted by Crippen LogP contribution is 2.33. The van der Waals surface area contributed by atoms with Gasteiger partial charge in [-0.15, -0.1) is 0 Å². The number of anilines is 1. The summed E-state index contributed by atoms with van der Waals surface area (Å²) in [6.07, 6.45) is -4.55. The van der Waals surface area contributed by atoms with E-state index >= 15 is 0 Å². The summed E-state index contributed by atoms with van der Waals surface area (Å²) in [5.41, 5.74) is 0.257. The Morgan fingerprint density at radius 2 is 1.92 bits per heavy atom. The van der Waals surface area contributed by atoms with Crippen molar-refractivity contribution in [3.05, 3.63) is 64.2 Å². The zero-order valence-corrected chi connectivity index (χ0v) is 13.5. The molecule has 0 fully saturated rings. The summed E-state index contributed by atoms with van der Waals surface area (Å²) in [7, 11) is 0. The summed E-state index contributed by atoms with van der Waals surface area (Å²) < 4.78 is 38.3. The van der Waals surface area contributed by atoms with Crippen molar-refractivity contribution in [1.29, 1.82) is 0 Å². The van der Waals surface area contributed by atoms with Gasteiger partial charge in [0.25, 0.3) is 5.91 Å². The molecule has 3 rings (SSSR count). The third-order valence-corrected chi connectivity index (χ3v) is 4.13. The van der Waals surface area contributed by atoms with Gasteiger partial charge in [-0.3, -0.25) is 9.59 Å². The van der Waals surface area contributed by atoms with Gasteiger partial charge in [-0.25, -0.2) is 0 Å². The third kappa shape index (κ3) is 3.61. The summed E-state index contributed by atoms with van der Waals surface area (Å²) in [5, 5.41) is 2.32. The van der Waals surface area contributed by atoms with Crippen LogP contribution in [0.5, 0.6) is 0 Å². The number of halogens is 4. The average Bonchev–Trinajstić information content (AvgIpc) is 2.85. The molecule has 0 unspecified atom stereocenters. The Labute approximate surface area is 146 Å². The second kappa shape index (κ2) is 6.40. The Balaban J connectivity index is 1.71. The second-order valence-electron chi connectivity index (χ2n) is 5.56. The van der Waals surface area contributed by atoms with E-state index in [1.807, 2.05) is 0 Å². The minimum absolute atomic E-state index is 0.0163. The van der Waals surface area contributed by atoms with Crippen LogP contribution in [0.15, 0.2) is 42.5 Å². The van der Waals surface area contributed by atoms with Crippen LogP contribution in [0.25, 0.3) is 0 Å². The molecule has 2 amide bonds. The quantitative estimate of drug-likeness (QED) is 0.891. The van der Waals surface area contributed by atoms with Crippen molar-refractivity contribution in [3.8, 4) is 0 Å². The monoisotopic (exact) mass is 368 g/mol. The van der Waals surface area contributed by atoms with Crippen LogP contribution < -0.4 is 5.32 Å². The molecule has 0 saturated carbocycles. The number of hydrogen-bond donors (Lipinski definition) is 1. The van der Waals surface area contributed by atoms with Gasteiger partial charge >= 0.3 is 6.18 Å². The third-order valence-electron chi connectivity index (χ3n) is 3.80. The fourth-order valence-corrected chi connectivity index (χ4v) is 2.77. The summed E-state index contributed by atoms with van der Waals surface area (Å²) in [6, 6.07) is 9.63. The van der Waals surface area contributed by atoms with Gasteiger partial charge in [0.1, 0.15) is 6.54 Å².